The van der Waals surface area contributed by atoms with E-state index in [1.165, 1.54) is 6.07 Å². The minimum Gasteiger partial charge on any atom is -0.382 e. The summed E-state index contributed by atoms with van der Waals surface area (Å²) in [6, 6.07) is 19.9. The number of hydrogen-bond acceptors (Lipinski definition) is 3. The van der Waals surface area contributed by atoms with E-state index in [0.29, 0.717) is 18.5 Å². The molecular weight excluding hydrogens is 423 g/mol. The van der Waals surface area contributed by atoms with Gasteiger partial charge in [0.25, 0.3) is 0 Å². The maximum absolute atomic E-state index is 14.3. The van der Waals surface area contributed by atoms with E-state index in [0.717, 1.165) is 22.4 Å². The smallest absolute Gasteiger partial charge is 0.240 e. The van der Waals surface area contributed by atoms with Crippen LogP contribution >= 0.6 is 0 Å². The van der Waals surface area contributed by atoms with Crippen molar-refractivity contribution < 1.29 is 12.8 Å². The van der Waals surface area contributed by atoms with Gasteiger partial charge in [-0.05, 0) is 73.6 Å². The van der Waals surface area contributed by atoms with Gasteiger partial charge < -0.3 is 5.32 Å². The highest BCUT2D eigenvalue weighted by molar-refractivity contribution is 7.89. The third-order valence-corrected chi connectivity index (χ3v) is 7.97. The molecule has 0 spiro atoms. The van der Waals surface area contributed by atoms with Crippen LogP contribution in [0.1, 0.15) is 37.3 Å². The molecule has 0 fully saturated rings. The van der Waals surface area contributed by atoms with Crippen LogP contribution in [-0.4, -0.2) is 21.0 Å². The summed E-state index contributed by atoms with van der Waals surface area (Å²) >= 11 is 0. The van der Waals surface area contributed by atoms with Crippen LogP contribution in [0.2, 0.25) is 0 Å². The summed E-state index contributed by atoms with van der Waals surface area (Å²) in [5, 5.41) is 3.55. The van der Waals surface area contributed by atoms with Crippen molar-refractivity contribution in [1.82, 2.24) is 4.72 Å². The third-order valence-electron chi connectivity index (χ3n) is 6.50. The molecule has 0 bridgehead atoms. The topological polar surface area (TPSA) is 58.2 Å². The lowest BCUT2D eigenvalue weighted by Gasteiger charge is -2.38. The Hall–Kier alpha value is -2.70. The van der Waals surface area contributed by atoms with E-state index in [1.54, 1.807) is 36.4 Å². The van der Waals surface area contributed by atoms with Crippen LogP contribution in [0.4, 0.5) is 10.1 Å². The zero-order valence-corrected chi connectivity index (χ0v) is 19.4. The number of fused-ring (bicyclic) bond motifs is 1. The van der Waals surface area contributed by atoms with E-state index in [-0.39, 0.29) is 28.6 Å². The fraction of sp³-hybridized carbons (Fsp3) is 0.308. The van der Waals surface area contributed by atoms with E-state index < -0.39 is 10.0 Å². The second-order valence-electron chi connectivity index (χ2n) is 8.67. The van der Waals surface area contributed by atoms with E-state index >= 15 is 0 Å². The number of rotatable bonds is 6. The standard InChI is InChI=1S/C26H29FN2O2S/c1-17-8-11-21(12-9-17)32(30,31)28-15-14-22-18(2)24-16-20(10-13-26(24)29-19(22)3)23-6-4-5-7-25(23)27/h4-13,16,18-19,22,28-29H,14-15H2,1-3H3/t18-,19+,22+/m1/s1. The maximum atomic E-state index is 14.3. The summed E-state index contributed by atoms with van der Waals surface area (Å²) in [4.78, 5) is 0.283. The van der Waals surface area contributed by atoms with Crippen molar-refractivity contribution in [2.24, 2.45) is 5.92 Å². The SMILES string of the molecule is Cc1ccc(S(=O)(=O)NCC[C@@H]2[C@H](C)Nc3ccc(-c4ccccc4F)cc3[C@@H]2C)cc1. The Kier molecular flexibility index (Phi) is 6.35. The van der Waals surface area contributed by atoms with Crippen molar-refractivity contribution in [2.45, 2.75) is 44.0 Å². The van der Waals surface area contributed by atoms with Gasteiger partial charge in [0.1, 0.15) is 5.82 Å². The molecule has 1 aliphatic heterocycles. The van der Waals surface area contributed by atoms with Crippen molar-refractivity contribution >= 4 is 15.7 Å². The molecule has 3 atom stereocenters. The summed E-state index contributed by atoms with van der Waals surface area (Å²) in [7, 11) is -3.53. The van der Waals surface area contributed by atoms with Crippen LogP contribution in [0.15, 0.2) is 71.6 Å². The number of aryl methyl sites for hydroxylation is 1. The van der Waals surface area contributed by atoms with E-state index in [2.05, 4.69) is 30.0 Å². The molecule has 0 saturated heterocycles. The van der Waals surface area contributed by atoms with Gasteiger partial charge in [-0.2, -0.15) is 0 Å². The average Bonchev–Trinajstić information content (AvgIpc) is 2.76. The molecule has 2 N–H and O–H groups in total. The van der Waals surface area contributed by atoms with Gasteiger partial charge in [-0.3, -0.25) is 0 Å². The van der Waals surface area contributed by atoms with Gasteiger partial charge in [0.15, 0.2) is 0 Å². The van der Waals surface area contributed by atoms with Crippen molar-refractivity contribution in [3.8, 4) is 11.1 Å². The van der Waals surface area contributed by atoms with Crippen LogP contribution in [0.3, 0.4) is 0 Å². The lowest BCUT2D eigenvalue weighted by molar-refractivity contribution is 0.361. The van der Waals surface area contributed by atoms with Crippen LogP contribution in [0.5, 0.6) is 0 Å². The number of halogens is 1. The summed E-state index contributed by atoms with van der Waals surface area (Å²) in [5.41, 5.74) is 4.65. The predicted octanol–water partition coefficient (Wildman–Crippen LogP) is 5.70. The zero-order chi connectivity index (χ0) is 22.9. The third kappa shape index (κ3) is 4.57. The molecule has 1 heterocycles. The number of hydrogen-bond donors (Lipinski definition) is 2. The molecule has 4 rings (SSSR count). The summed E-state index contributed by atoms with van der Waals surface area (Å²) in [6.45, 7) is 6.58. The Morgan fingerprint density at radius 3 is 2.44 bits per heavy atom. The van der Waals surface area contributed by atoms with Gasteiger partial charge in [0.05, 0.1) is 4.90 Å². The van der Waals surface area contributed by atoms with Gasteiger partial charge in [0.2, 0.25) is 10.0 Å². The molecule has 0 unspecified atom stereocenters. The molecule has 0 amide bonds. The Morgan fingerprint density at radius 2 is 1.72 bits per heavy atom. The first-order valence-corrected chi connectivity index (χ1v) is 12.5. The lowest BCUT2D eigenvalue weighted by atomic mass is 9.76. The Bertz CT molecular complexity index is 1210. The molecule has 32 heavy (non-hydrogen) atoms. The van der Waals surface area contributed by atoms with Gasteiger partial charge in [-0.25, -0.2) is 17.5 Å². The quantitative estimate of drug-likeness (QED) is 0.504. The minimum absolute atomic E-state index is 0.195. The molecule has 1 aliphatic rings. The number of anilines is 1. The van der Waals surface area contributed by atoms with Gasteiger partial charge in [-0.1, -0.05) is 48.9 Å². The van der Waals surface area contributed by atoms with Crippen LogP contribution in [0.25, 0.3) is 11.1 Å². The van der Waals surface area contributed by atoms with Crippen molar-refractivity contribution in [2.75, 3.05) is 11.9 Å². The zero-order valence-electron chi connectivity index (χ0n) is 18.6. The Labute approximate surface area is 189 Å². The van der Waals surface area contributed by atoms with Gasteiger partial charge in [-0.15, -0.1) is 0 Å². The maximum Gasteiger partial charge on any atom is 0.240 e. The monoisotopic (exact) mass is 452 g/mol. The molecule has 3 aromatic carbocycles. The second kappa shape index (κ2) is 9.04. The van der Waals surface area contributed by atoms with Crippen molar-refractivity contribution in [1.29, 1.82) is 0 Å². The molecule has 168 valence electrons. The molecule has 0 radical (unpaired) electrons. The molecular formula is C26H29FN2O2S. The fourth-order valence-electron chi connectivity index (χ4n) is 4.61. The average molecular weight is 453 g/mol. The molecule has 0 saturated carbocycles. The first-order chi connectivity index (χ1) is 15.3. The largest absolute Gasteiger partial charge is 0.382 e. The number of sulfonamides is 1. The number of benzene rings is 3. The summed E-state index contributed by atoms with van der Waals surface area (Å²) in [5.74, 6) is 0.204. The molecule has 0 aromatic heterocycles. The fourth-order valence-corrected chi connectivity index (χ4v) is 5.66. The summed E-state index contributed by atoms with van der Waals surface area (Å²) in [6.07, 6.45) is 0.698. The minimum atomic E-state index is -3.53. The van der Waals surface area contributed by atoms with Crippen LogP contribution in [-0.2, 0) is 10.0 Å². The van der Waals surface area contributed by atoms with Crippen molar-refractivity contribution in [3.63, 3.8) is 0 Å². The second-order valence-corrected chi connectivity index (χ2v) is 10.4. The highest BCUT2D eigenvalue weighted by Crippen LogP contribution is 2.41. The van der Waals surface area contributed by atoms with E-state index in [9.17, 15) is 12.8 Å². The predicted molar refractivity (Wildman–Crippen MR) is 128 cm³/mol. The normalized spacial score (nSPS) is 20.4. The molecule has 3 aromatic rings. The first-order valence-electron chi connectivity index (χ1n) is 11.0. The van der Waals surface area contributed by atoms with Gasteiger partial charge >= 0.3 is 0 Å². The highest BCUT2D eigenvalue weighted by Gasteiger charge is 2.31. The first kappa shape index (κ1) is 22.5. The molecule has 0 aliphatic carbocycles. The Morgan fingerprint density at radius 1 is 1.00 bits per heavy atom. The van der Waals surface area contributed by atoms with Crippen molar-refractivity contribution in [3.05, 3.63) is 83.7 Å². The van der Waals surface area contributed by atoms with E-state index in [4.69, 9.17) is 0 Å². The van der Waals surface area contributed by atoms with Crippen LogP contribution < -0.4 is 10.0 Å². The van der Waals surface area contributed by atoms with Gasteiger partial charge in [0, 0.05) is 23.8 Å². The molecule has 6 heteroatoms. The highest BCUT2D eigenvalue weighted by atomic mass is 32.2. The number of nitrogens with one attached hydrogen (secondary N) is 2. The summed E-state index contributed by atoms with van der Waals surface area (Å²) < 4.78 is 42.3. The van der Waals surface area contributed by atoms with Crippen LogP contribution in [0, 0.1) is 18.7 Å². The Balaban J connectivity index is 1.49. The van der Waals surface area contributed by atoms with E-state index in [1.807, 2.05) is 25.1 Å². The lowest BCUT2D eigenvalue weighted by Crippen LogP contribution is -2.37. The molecule has 4 nitrogen and oxygen atoms in total.